The minimum atomic E-state index is -0.200. The highest BCUT2D eigenvalue weighted by Crippen LogP contribution is 2.25. The van der Waals surface area contributed by atoms with Crippen LogP contribution in [0.1, 0.15) is 23.8 Å². The molecule has 1 heterocycles. The van der Waals surface area contributed by atoms with E-state index in [1.54, 1.807) is 31.4 Å². The van der Waals surface area contributed by atoms with Crippen LogP contribution in [0.2, 0.25) is 0 Å². The van der Waals surface area contributed by atoms with Gasteiger partial charge in [-0.3, -0.25) is 4.79 Å². The standard InChI is InChI=1S/C15H18BrN3O2/c1-3-6-19-9-10(16)7-14(19)15(20)18-13-8-11(21-2)4-5-12(13)17/h4-5,7-9H,3,6,17H2,1-2H3,(H,18,20). The van der Waals surface area contributed by atoms with E-state index in [0.29, 0.717) is 22.8 Å². The molecule has 0 atom stereocenters. The first-order valence-electron chi connectivity index (χ1n) is 6.65. The number of aromatic nitrogens is 1. The lowest BCUT2D eigenvalue weighted by atomic mass is 10.2. The molecule has 21 heavy (non-hydrogen) atoms. The molecule has 0 radical (unpaired) electrons. The minimum absolute atomic E-state index is 0.200. The second-order valence-electron chi connectivity index (χ2n) is 4.64. The number of rotatable bonds is 5. The fourth-order valence-electron chi connectivity index (χ4n) is 2.05. The summed E-state index contributed by atoms with van der Waals surface area (Å²) in [7, 11) is 1.57. The van der Waals surface area contributed by atoms with Gasteiger partial charge >= 0.3 is 0 Å². The van der Waals surface area contributed by atoms with E-state index in [4.69, 9.17) is 10.5 Å². The number of halogens is 1. The van der Waals surface area contributed by atoms with Gasteiger partial charge in [-0.2, -0.15) is 0 Å². The number of nitrogens with two attached hydrogens (primary N) is 1. The van der Waals surface area contributed by atoms with Crippen LogP contribution in [0.25, 0.3) is 0 Å². The maximum atomic E-state index is 12.4. The molecule has 0 unspecified atom stereocenters. The van der Waals surface area contributed by atoms with Crippen LogP contribution in [-0.2, 0) is 6.54 Å². The van der Waals surface area contributed by atoms with Gasteiger partial charge in [0, 0.05) is 23.3 Å². The van der Waals surface area contributed by atoms with E-state index in [2.05, 4.69) is 28.2 Å². The quantitative estimate of drug-likeness (QED) is 0.810. The lowest BCUT2D eigenvalue weighted by Crippen LogP contribution is -2.17. The first-order valence-corrected chi connectivity index (χ1v) is 7.45. The smallest absolute Gasteiger partial charge is 0.272 e. The number of hydrogen-bond acceptors (Lipinski definition) is 3. The third-order valence-electron chi connectivity index (χ3n) is 3.07. The van der Waals surface area contributed by atoms with Crippen LogP contribution in [0, 0.1) is 0 Å². The monoisotopic (exact) mass is 351 g/mol. The van der Waals surface area contributed by atoms with Gasteiger partial charge < -0.3 is 20.4 Å². The highest BCUT2D eigenvalue weighted by molar-refractivity contribution is 9.10. The topological polar surface area (TPSA) is 69.3 Å². The Kier molecular flexibility index (Phi) is 4.90. The molecule has 0 aliphatic carbocycles. The van der Waals surface area contributed by atoms with Crippen molar-refractivity contribution in [3.8, 4) is 5.75 Å². The Morgan fingerprint density at radius 1 is 1.43 bits per heavy atom. The zero-order chi connectivity index (χ0) is 15.4. The largest absolute Gasteiger partial charge is 0.497 e. The Hall–Kier alpha value is -1.95. The summed E-state index contributed by atoms with van der Waals surface area (Å²) in [6.07, 6.45) is 2.84. The summed E-state index contributed by atoms with van der Waals surface area (Å²) in [4.78, 5) is 12.4. The number of carbonyl (C=O) groups is 1. The van der Waals surface area contributed by atoms with Gasteiger partial charge in [0.15, 0.2) is 0 Å². The van der Waals surface area contributed by atoms with Crippen molar-refractivity contribution >= 4 is 33.2 Å². The van der Waals surface area contributed by atoms with Crippen LogP contribution in [0.4, 0.5) is 11.4 Å². The summed E-state index contributed by atoms with van der Waals surface area (Å²) < 4.78 is 7.93. The summed E-state index contributed by atoms with van der Waals surface area (Å²) in [5, 5.41) is 2.83. The molecule has 6 heteroatoms. The number of benzene rings is 1. The van der Waals surface area contributed by atoms with E-state index in [0.717, 1.165) is 17.4 Å². The Bertz CT molecular complexity index is 652. The summed E-state index contributed by atoms with van der Waals surface area (Å²) >= 11 is 3.40. The lowest BCUT2D eigenvalue weighted by Gasteiger charge is -2.11. The molecule has 2 rings (SSSR count). The average molecular weight is 352 g/mol. The summed E-state index contributed by atoms with van der Waals surface area (Å²) in [6.45, 7) is 2.84. The molecule has 0 saturated heterocycles. The molecule has 5 nitrogen and oxygen atoms in total. The number of methoxy groups -OCH3 is 1. The predicted molar refractivity (Wildman–Crippen MR) is 87.8 cm³/mol. The van der Waals surface area contributed by atoms with Gasteiger partial charge in [-0.1, -0.05) is 6.92 Å². The van der Waals surface area contributed by atoms with Gasteiger partial charge in [-0.15, -0.1) is 0 Å². The van der Waals surface area contributed by atoms with Crippen LogP contribution in [-0.4, -0.2) is 17.6 Å². The molecule has 1 aromatic heterocycles. The van der Waals surface area contributed by atoms with Gasteiger partial charge in [0.2, 0.25) is 0 Å². The third kappa shape index (κ3) is 3.58. The van der Waals surface area contributed by atoms with E-state index in [9.17, 15) is 4.79 Å². The maximum absolute atomic E-state index is 12.4. The number of nitrogens with one attached hydrogen (secondary N) is 1. The van der Waals surface area contributed by atoms with Gasteiger partial charge in [-0.05, 0) is 40.5 Å². The first kappa shape index (κ1) is 15.4. The fourth-order valence-corrected chi connectivity index (χ4v) is 2.51. The number of nitrogen functional groups attached to an aromatic ring is 1. The second-order valence-corrected chi connectivity index (χ2v) is 5.56. The van der Waals surface area contributed by atoms with Gasteiger partial charge in [0.1, 0.15) is 11.4 Å². The molecule has 0 aliphatic heterocycles. The van der Waals surface area contributed by atoms with E-state index in [-0.39, 0.29) is 5.91 Å². The Morgan fingerprint density at radius 2 is 2.19 bits per heavy atom. The van der Waals surface area contributed by atoms with E-state index in [1.165, 1.54) is 0 Å². The van der Waals surface area contributed by atoms with Crippen LogP contribution in [0.3, 0.4) is 0 Å². The highest BCUT2D eigenvalue weighted by atomic mass is 79.9. The summed E-state index contributed by atoms with van der Waals surface area (Å²) in [5.41, 5.74) is 7.51. The summed E-state index contributed by atoms with van der Waals surface area (Å²) in [5.74, 6) is 0.443. The molecule has 2 aromatic rings. The van der Waals surface area contributed by atoms with Crippen LogP contribution in [0.15, 0.2) is 34.9 Å². The van der Waals surface area contributed by atoms with E-state index in [1.807, 2.05) is 10.8 Å². The summed E-state index contributed by atoms with van der Waals surface area (Å²) in [6, 6.07) is 6.95. The lowest BCUT2D eigenvalue weighted by molar-refractivity contribution is 0.101. The number of hydrogen-bond donors (Lipinski definition) is 2. The van der Waals surface area contributed by atoms with Crippen molar-refractivity contribution in [2.75, 3.05) is 18.2 Å². The fraction of sp³-hybridized carbons (Fsp3) is 0.267. The molecule has 3 N–H and O–H groups in total. The van der Waals surface area contributed by atoms with Crippen molar-refractivity contribution < 1.29 is 9.53 Å². The van der Waals surface area contributed by atoms with Crippen LogP contribution in [0.5, 0.6) is 5.75 Å². The number of aryl methyl sites for hydroxylation is 1. The molecular formula is C15H18BrN3O2. The average Bonchev–Trinajstić information content (AvgIpc) is 2.82. The Labute approximate surface area is 132 Å². The number of amides is 1. The van der Waals surface area contributed by atoms with E-state index < -0.39 is 0 Å². The number of carbonyl (C=O) groups excluding carboxylic acids is 1. The van der Waals surface area contributed by atoms with Crippen molar-refractivity contribution in [2.45, 2.75) is 19.9 Å². The van der Waals surface area contributed by atoms with Crippen molar-refractivity contribution in [1.29, 1.82) is 0 Å². The highest BCUT2D eigenvalue weighted by Gasteiger charge is 2.14. The SMILES string of the molecule is CCCn1cc(Br)cc1C(=O)Nc1cc(OC)ccc1N. The zero-order valence-electron chi connectivity index (χ0n) is 12.0. The number of nitrogens with zero attached hydrogens (tertiary/aromatic N) is 1. The minimum Gasteiger partial charge on any atom is -0.497 e. The molecule has 112 valence electrons. The zero-order valence-corrected chi connectivity index (χ0v) is 13.6. The molecule has 1 aromatic carbocycles. The first-order chi connectivity index (χ1) is 10.0. The van der Waals surface area contributed by atoms with Gasteiger partial charge in [-0.25, -0.2) is 0 Å². The van der Waals surface area contributed by atoms with E-state index >= 15 is 0 Å². The Balaban J connectivity index is 2.25. The predicted octanol–water partition coefficient (Wildman–Crippen LogP) is 3.50. The normalized spacial score (nSPS) is 10.4. The van der Waals surface area contributed by atoms with Crippen molar-refractivity contribution in [3.63, 3.8) is 0 Å². The van der Waals surface area contributed by atoms with Crippen molar-refractivity contribution in [2.24, 2.45) is 0 Å². The number of ether oxygens (including phenoxy) is 1. The number of anilines is 2. The van der Waals surface area contributed by atoms with Gasteiger partial charge in [0.25, 0.3) is 5.91 Å². The van der Waals surface area contributed by atoms with Crippen molar-refractivity contribution in [3.05, 3.63) is 40.6 Å². The second kappa shape index (κ2) is 6.67. The van der Waals surface area contributed by atoms with Crippen LogP contribution < -0.4 is 15.8 Å². The molecular weight excluding hydrogens is 334 g/mol. The maximum Gasteiger partial charge on any atom is 0.272 e. The van der Waals surface area contributed by atoms with Gasteiger partial charge in [0.05, 0.1) is 18.5 Å². The van der Waals surface area contributed by atoms with Crippen molar-refractivity contribution in [1.82, 2.24) is 4.57 Å². The molecule has 0 fully saturated rings. The van der Waals surface area contributed by atoms with Crippen LogP contribution >= 0.6 is 15.9 Å². The molecule has 0 aliphatic rings. The molecule has 0 bridgehead atoms. The Morgan fingerprint density at radius 3 is 2.86 bits per heavy atom. The third-order valence-corrected chi connectivity index (χ3v) is 3.50. The molecule has 0 saturated carbocycles. The molecule has 0 spiro atoms. The molecule has 1 amide bonds.